The second-order valence-electron chi connectivity index (χ2n) is 6.45. The normalized spacial score (nSPS) is 16.5. The van der Waals surface area contributed by atoms with Gasteiger partial charge in [-0.05, 0) is 43.3 Å². The molecule has 1 aliphatic heterocycles. The van der Waals surface area contributed by atoms with Crippen LogP contribution in [0.15, 0.2) is 74.2 Å². The van der Waals surface area contributed by atoms with Crippen LogP contribution in [0.1, 0.15) is 13.8 Å². The molecule has 0 radical (unpaired) electrons. The molecule has 0 saturated carbocycles. The van der Waals surface area contributed by atoms with Crippen LogP contribution in [0.4, 0.5) is 11.4 Å². The van der Waals surface area contributed by atoms with Gasteiger partial charge in [-0.1, -0.05) is 30.4 Å². The lowest BCUT2D eigenvalue weighted by atomic mass is 10.1. The molecule has 0 spiro atoms. The SMILES string of the molecule is CC(=O)NS(=O)(=O)c1ccc(N=NSC(=S)C2C(=N)N(c3ccccc3)N=C2C)cc1. The van der Waals surface area contributed by atoms with Crippen LogP contribution >= 0.6 is 24.2 Å². The third-order valence-electron chi connectivity index (χ3n) is 4.13. The zero-order chi connectivity index (χ0) is 22.6. The summed E-state index contributed by atoms with van der Waals surface area (Å²) in [6.45, 7) is 2.93. The lowest BCUT2D eigenvalue weighted by Gasteiger charge is -2.16. The molecule has 3 rings (SSSR count). The molecular weight excluding hydrogens is 456 g/mol. The Labute approximate surface area is 189 Å². The first-order chi connectivity index (χ1) is 14.7. The van der Waals surface area contributed by atoms with Crippen molar-refractivity contribution in [1.82, 2.24) is 4.72 Å². The van der Waals surface area contributed by atoms with Crippen molar-refractivity contribution >= 4 is 67.2 Å². The summed E-state index contributed by atoms with van der Waals surface area (Å²) < 4.78 is 30.2. The average Bonchev–Trinajstić information content (AvgIpc) is 3.02. The Morgan fingerprint density at radius 1 is 1.19 bits per heavy atom. The Morgan fingerprint density at radius 2 is 1.84 bits per heavy atom. The maximum Gasteiger partial charge on any atom is 0.264 e. The van der Waals surface area contributed by atoms with Gasteiger partial charge in [0.05, 0.1) is 26.2 Å². The molecule has 0 fully saturated rings. The minimum atomic E-state index is -3.90. The number of amidine groups is 1. The van der Waals surface area contributed by atoms with Crippen molar-refractivity contribution < 1.29 is 13.2 Å². The van der Waals surface area contributed by atoms with Gasteiger partial charge in [0.2, 0.25) is 5.91 Å². The summed E-state index contributed by atoms with van der Waals surface area (Å²) in [5.41, 5.74) is 1.88. The number of amides is 1. The molecule has 2 aromatic carbocycles. The largest absolute Gasteiger partial charge is 0.286 e. The summed E-state index contributed by atoms with van der Waals surface area (Å²) in [6.07, 6.45) is 0. The predicted molar refractivity (Wildman–Crippen MR) is 125 cm³/mol. The molecule has 1 atom stereocenters. The van der Waals surface area contributed by atoms with Gasteiger partial charge in [-0.25, -0.2) is 18.1 Å². The van der Waals surface area contributed by atoms with E-state index in [1.54, 1.807) is 6.92 Å². The van der Waals surface area contributed by atoms with E-state index >= 15 is 0 Å². The van der Waals surface area contributed by atoms with Crippen LogP contribution < -0.4 is 9.73 Å². The molecule has 1 amide bonds. The Morgan fingerprint density at radius 3 is 2.45 bits per heavy atom. The Hall–Kier alpha value is -2.96. The summed E-state index contributed by atoms with van der Waals surface area (Å²) in [6, 6.07) is 14.9. The Kier molecular flexibility index (Phi) is 6.93. The van der Waals surface area contributed by atoms with Crippen molar-refractivity contribution in [3.8, 4) is 0 Å². The average molecular weight is 475 g/mol. The number of para-hydroxylation sites is 1. The van der Waals surface area contributed by atoms with Crippen LogP contribution in [0, 0.1) is 11.3 Å². The third kappa shape index (κ3) is 5.40. The number of nitrogens with zero attached hydrogens (tertiary/aromatic N) is 4. The molecule has 2 N–H and O–H groups in total. The van der Waals surface area contributed by atoms with Crippen molar-refractivity contribution in [2.24, 2.45) is 20.7 Å². The molecule has 31 heavy (non-hydrogen) atoms. The van der Waals surface area contributed by atoms with Crippen molar-refractivity contribution in [2.75, 3.05) is 5.01 Å². The first-order valence-corrected chi connectivity index (χ1v) is 11.6. The highest BCUT2D eigenvalue weighted by Gasteiger charge is 2.34. The minimum Gasteiger partial charge on any atom is -0.286 e. The van der Waals surface area contributed by atoms with Gasteiger partial charge in [0.25, 0.3) is 10.0 Å². The number of thiocarbonyl (C=S) groups is 1. The number of hydrazone groups is 1. The quantitative estimate of drug-likeness (QED) is 0.369. The van der Waals surface area contributed by atoms with Crippen LogP contribution in [0.5, 0.6) is 0 Å². The molecule has 1 heterocycles. The van der Waals surface area contributed by atoms with E-state index in [-0.39, 0.29) is 10.7 Å². The molecule has 12 heteroatoms. The monoisotopic (exact) mass is 474 g/mol. The summed E-state index contributed by atoms with van der Waals surface area (Å²) in [7, 11) is -3.90. The lowest BCUT2D eigenvalue weighted by Crippen LogP contribution is -2.29. The fraction of sp³-hybridized carbons (Fsp3) is 0.158. The highest BCUT2D eigenvalue weighted by Crippen LogP contribution is 2.29. The third-order valence-corrected chi connectivity index (χ3v) is 6.61. The number of sulfonamides is 1. The second-order valence-corrected chi connectivity index (χ2v) is 9.62. The molecular formula is C19H18N6O3S3. The van der Waals surface area contributed by atoms with Crippen molar-refractivity contribution in [3.63, 3.8) is 0 Å². The van der Waals surface area contributed by atoms with Gasteiger partial charge in [0.1, 0.15) is 11.8 Å². The number of carbonyl (C=O) groups is 1. The zero-order valence-corrected chi connectivity index (χ0v) is 19.0. The maximum absolute atomic E-state index is 12.0. The topological polar surface area (TPSA) is 127 Å². The van der Waals surface area contributed by atoms with Crippen molar-refractivity contribution in [2.45, 2.75) is 18.7 Å². The highest BCUT2D eigenvalue weighted by molar-refractivity contribution is 8.22. The predicted octanol–water partition coefficient (Wildman–Crippen LogP) is 4.06. The van der Waals surface area contributed by atoms with E-state index in [1.165, 1.54) is 29.3 Å². The standard InChI is InChI=1S/C19H18N6O3S3/c1-12-17(18(20)25(22-12)15-6-4-3-5-7-15)19(29)30-24-21-14-8-10-16(11-9-14)31(27,28)23-13(2)26/h3-11,17,20H,1-2H3,(H,23,26). The Bertz CT molecular complexity index is 1180. The lowest BCUT2D eigenvalue weighted by molar-refractivity contribution is -0.117. The van der Waals surface area contributed by atoms with E-state index < -0.39 is 21.8 Å². The zero-order valence-electron chi connectivity index (χ0n) is 16.5. The first-order valence-electron chi connectivity index (χ1n) is 8.93. The van der Waals surface area contributed by atoms with E-state index in [0.717, 1.165) is 24.6 Å². The van der Waals surface area contributed by atoms with E-state index in [4.69, 9.17) is 17.6 Å². The van der Waals surface area contributed by atoms with Gasteiger partial charge < -0.3 is 0 Å². The Balaban J connectivity index is 1.64. The fourth-order valence-corrected chi connectivity index (χ4v) is 4.71. The van der Waals surface area contributed by atoms with Gasteiger partial charge in [-0.2, -0.15) is 5.10 Å². The number of benzene rings is 2. The van der Waals surface area contributed by atoms with Crippen LogP contribution in [-0.2, 0) is 14.8 Å². The molecule has 1 unspecified atom stereocenters. The molecule has 0 aliphatic carbocycles. The van der Waals surface area contributed by atoms with Crippen LogP contribution in [0.25, 0.3) is 0 Å². The minimum absolute atomic E-state index is 0.0583. The molecule has 1 aliphatic rings. The summed E-state index contributed by atoms with van der Waals surface area (Å²) >= 11 is 6.39. The van der Waals surface area contributed by atoms with Gasteiger partial charge in [0, 0.05) is 18.9 Å². The van der Waals surface area contributed by atoms with E-state index in [9.17, 15) is 13.2 Å². The number of carbonyl (C=O) groups excluding carboxylic acids is 1. The number of anilines is 1. The van der Waals surface area contributed by atoms with Crippen LogP contribution in [-0.4, -0.2) is 30.1 Å². The van der Waals surface area contributed by atoms with Gasteiger partial charge in [-0.3, -0.25) is 10.2 Å². The first kappa shape index (κ1) is 22.7. The van der Waals surface area contributed by atoms with E-state index in [1.807, 2.05) is 35.1 Å². The molecule has 0 aromatic heterocycles. The summed E-state index contributed by atoms with van der Waals surface area (Å²) in [5.74, 6) is -0.899. The fourth-order valence-electron chi connectivity index (χ4n) is 2.74. The molecule has 2 aromatic rings. The molecule has 9 nitrogen and oxygen atoms in total. The number of rotatable bonds is 6. The van der Waals surface area contributed by atoms with E-state index in [2.05, 4.69) is 14.7 Å². The molecule has 160 valence electrons. The second kappa shape index (κ2) is 9.45. The van der Waals surface area contributed by atoms with Crippen molar-refractivity contribution in [1.29, 1.82) is 5.41 Å². The van der Waals surface area contributed by atoms with Gasteiger partial charge >= 0.3 is 0 Å². The smallest absolute Gasteiger partial charge is 0.264 e. The van der Waals surface area contributed by atoms with E-state index in [0.29, 0.717) is 15.6 Å². The van der Waals surface area contributed by atoms with Crippen molar-refractivity contribution in [3.05, 3.63) is 54.6 Å². The number of nitrogens with one attached hydrogen (secondary N) is 2. The number of hydrogen-bond acceptors (Lipinski definition) is 9. The number of hydrogen-bond donors (Lipinski definition) is 2. The molecule has 0 bridgehead atoms. The summed E-state index contributed by atoms with van der Waals surface area (Å²) in [5, 5.41) is 18.4. The summed E-state index contributed by atoms with van der Waals surface area (Å²) in [4.78, 5) is 10.9. The molecule has 0 saturated heterocycles. The van der Waals surface area contributed by atoms with Gasteiger partial charge in [-0.15, -0.1) is 9.63 Å². The van der Waals surface area contributed by atoms with Gasteiger partial charge in [0.15, 0.2) is 0 Å². The van der Waals surface area contributed by atoms with Crippen LogP contribution in [0.3, 0.4) is 0 Å². The highest BCUT2D eigenvalue weighted by atomic mass is 32.2. The van der Waals surface area contributed by atoms with Crippen LogP contribution in [0.2, 0.25) is 0 Å². The maximum atomic E-state index is 12.0.